The number of hydrogen-bond acceptors (Lipinski definition) is 6. The van der Waals surface area contributed by atoms with Gasteiger partial charge >= 0.3 is 0 Å². The van der Waals surface area contributed by atoms with E-state index in [1.165, 1.54) is 31.5 Å². The lowest BCUT2D eigenvalue weighted by Gasteiger charge is -2.34. The molecule has 1 saturated heterocycles. The van der Waals surface area contributed by atoms with Gasteiger partial charge in [-0.15, -0.1) is 0 Å². The minimum absolute atomic E-state index is 0.0115. The van der Waals surface area contributed by atoms with Gasteiger partial charge in [-0.3, -0.25) is 4.79 Å². The van der Waals surface area contributed by atoms with Gasteiger partial charge in [0.1, 0.15) is 29.6 Å². The van der Waals surface area contributed by atoms with Gasteiger partial charge in [-0.1, -0.05) is 0 Å². The van der Waals surface area contributed by atoms with Crippen molar-refractivity contribution in [1.29, 1.82) is 5.26 Å². The molecule has 180 valence electrons. The summed E-state index contributed by atoms with van der Waals surface area (Å²) in [6.07, 6.45) is 2.17. The zero-order valence-electron chi connectivity index (χ0n) is 18.7. The van der Waals surface area contributed by atoms with E-state index in [4.69, 9.17) is 9.47 Å². The number of methoxy groups -OCH3 is 1. The van der Waals surface area contributed by atoms with Crippen molar-refractivity contribution in [2.45, 2.75) is 18.9 Å². The number of benzene rings is 2. The molecule has 1 aromatic heterocycles. The number of halogens is 3. The zero-order valence-corrected chi connectivity index (χ0v) is 18.7. The predicted octanol–water partition coefficient (Wildman–Crippen LogP) is 4.68. The summed E-state index contributed by atoms with van der Waals surface area (Å²) in [7, 11) is 1.33. The Bertz CT molecular complexity index is 1290. The second-order valence-corrected chi connectivity index (χ2v) is 7.88. The fraction of sp³-hybridized carbons (Fsp3) is 0.240. The van der Waals surface area contributed by atoms with Crippen molar-refractivity contribution in [3.05, 3.63) is 77.2 Å². The van der Waals surface area contributed by atoms with Crippen LogP contribution in [0.3, 0.4) is 0 Å². The average molecular weight is 482 g/mol. The summed E-state index contributed by atoms with van der Waals surface area (Å²) in [6, 6.07) is 10.2. The minimum Gasteiger partial charge on any atom is -0.496 e. The molecule has 0 spiro atoms. The molecule has 0 bridgehead atoms. The molecule has 7 nitrogen and oxygen atoms in total. The van der Waals surface area contributed by atoms with Gasteiger partial charge in [0.05, 0.1) is 23.9 Å². The summed E-state index contributed by atoms with van der Waals surface area (Å²) in [5.74, 6) is -2.03. The highest BCUT2D eigenvalue weighted by Gasteiger charge is 2.25. The van der Waals surface area contributed by atoms with E-state index in [-0.39, 0.29) is 28.7 Å². The zero-order chi connectivity index (χ0) is 24.9. The molecule has 35 heavy (non-hydrogen) atoms. The van der Waals surface area contributed by atoms with Crippen molar-refractivity contribution >= 4 is 17.4 Å². The lowest BCUT2D eigenvalue weighted by Crippen LogP contribution is -2.39. The third-order valence-corrected chi connectivity index (χ3v) is 5.58. The Balaban J connectivity index is 1.50. The molecule has 0 saturated carbocycles. The number of pyridine rings is 1. The summed E-state index contributed by atoms with van der Waals surface area (Å²) < 4.78 is 51.4. The number of piperidine rings is 1. The highest BCUT2D eigenvalue weighted by molar-refractivity contribution is 6.07. The Hall–Kier alpha value is -4.26. The number of carbonyl (C=O) groups excluding carboxylic acids is 1. The fourth-order valence-corrected chi connectivity index (χ4v) is 3.84. The van der Waals surface area contributed by atoms with Gasteiger partial charge in [0.2, 0.25) is 0 Å². The maximum absolute atomic E-state index is 13.9. The van der Waals surface area contributed by atoms with Crippen LogP contribution < -0.4 is 19.7 Å². The van der Waals surface area contributed by atoms with E-state index in [1.54, 1.807) is 0 Å². The van der Waals surface area contributed by atoms with Crippen LogP contribution in [-0.4, -0.2) is 37.2 Å². The Morgan fingerprint density at radius 3 is 2.49 bits per heavy atom. The van der Waals surface area contributed by atoms with Crippen molar-refractivity contribution in [2.75, 3.05) is 30.4 Å². The highest BCUT2D eigenvalue weighted by atomic mass is 19.1. The van der Waals surface area contributed by atoms with E-state index in [1.807, 2.05) is 11.0 Å². The number of anilines is 2. The smallest absolute Gasteiger partial charge is 0.259 e. The average Bonchev–Trinajstić information content (AvgIpc) is 2.86. The maximum atomic E-state index is 13.9. The van der Waals surface area contributed by atoms with Crippen LogP contribution in [0.4, 0.5) is 24.7 Å². The highest BCUT2D eigenvalue weighted by Crippen LogP contribution is 2.30. The van der Waals surface area contributed by atoms with Crippen LogP contribution in [0, 0.1) is 28.8 Å². The second-order valence-electron chi connectivity index (χ2n) is 7.88. The molecule has 1 N–H and O–H groups in total. The molecule has 1 amide bonds. The summed E-state index contributed by atoms with van der Waals surface area (Å²) in [5.41, 5.74) is 0.681. The third-order valence-electron chi connectivity index (χ3n) is 5.58. The molecule has 3 aromatic rings. The lowest BCUT2D eigenvalue weighted by molar-refractivity contribution is 0.102. The van der Waals surface area contributed by atoms with Crippen LogP contribution in [0.25, 0.3) is 0 Å². The van der Waals surface area contributed by atoms with E-state index < -0.39 is 23.4 Å². The first-order chi connectivity index (χ1) is 16.9. The molecule has 10 heteroatoms. The molecule has 0 atom stereocenters. The molecular weight excluding hydrogens is 461 g/mol. The Morgan fingerprint density at radius 1 is 1.09 bits per heavy atom. The van der Waals surface area contributed by atoms with Gasteiger partial charge in [-0.05, 0) is 30.3 Å². The minimum atomic E-state index is -0.762. The van der Waals surface area contributed by atoms with E-state index in [0.717, 1.165) is 24.3 Å². The van der Waals surface area contributed by atoms with Crippen LogP contribution in [-0.2, 0) is 0 Å². The molecule has 1 aliphatic rings. The number of carbonyl (C=O) groups is 1. The number of nitriles is 1. The van der Waals surface area contributed by atoms with E-state index in [2.05, 4.69) is 10.3 Å². The first kappa shape index (κ1) is 23.9. The molecule has 1 aliphatic heterocycles. The van der Waals surface area contributed by atoms with Gasteiger partial charge in [-0.2, -0.15) is 5.26 Å². The molecule has 0 radical (unpaired) electrons. The number of aromatic nitrogens is 1. The van der Waals surface area contributed by atoms with Crippen LogP contribution in [0.5, 0.6) is 11.5 Å². The van der Waals surface area contributed by atoms with Crippen molar-refractivity contribution in [1.82, 2.24) is 4.98 Å². The lowest BCUT2D eigenvalue weighted by atomic mass is 10.1. The number of ether oxygens (including phenoxy) is 2. The van der Waals surface area contributed by atoms with Crippen LogP contribution in [0.2, 0.25) is 0 Å². The van der Waals surface area contributed by atoms with E-state index in [9.17, 15) is 23.2 Å². The Morgan fingerprint density at radius 2 is 1.80 bits per heavy atom. The van der Waals surface area contributed by atoms with Crippen molar-refractivity contribution in [2.24, 2.45) is 0 Å². The standard InChI is InChI=1S/C25H21F3N4O3/c1-34-23-12-17(27)2-4-19(23)25(33)31-21-10-15(13-29)14-30-24(21)32-8-6-18(7-9-32)35-22-5-3-16(26)11-20(22)28/h2-5,10-12,14,18H,6-9H2,1H3,(H,31,33). The molecular formula is C25H21F3N4O3. The molecule has 4 rings (SSSR count). The topological polar surface area (TPSA) is 87.5 Å². The summed E-state index contributed by atoms with van der Waals surface area (Å²) in [5, 5.41) is 12.0. The molecule has 2 heterocycles. The van der Waals surface area contributed by atoms with Crippen molar-refractivity contribution in [3.63, 3.8) is 0 Å². The number of hydrogen-bond donors (Lipinski definition) is 1. The van der Waals surface area contributed by atoms with Crippen molar-refractivity contribution in [3.8, 4) is 17.6 Å². The number of amides is 1. The number of rotatable bonds is 6. The summed E-state index contributed by atoms with van der Waals surface area (Å²) >= 11 is 0. The van der Waals surface area contributed by atoms with Crippen LogP contribution in [0.15, 0.2) is 48.7 Å². The first-order valence-corrected chi connectivity index (χ1v) is 10.8. The Kier molecular flexibility index (Phi) is 7.06. The first-order valence-electron chi connectivity index (χ1n) is 10.8. The normalized spacial score (nSPS) is 13.7. The number of nitrogens with one attached hydrogen (secondary N) is 1. The summed E-state index contributed by atoms with van der Waals surface area (Å²) in [6.45, 7) is 0.963. The molecule has 0 unspecified atom stereocenters. The quantitative estimate of drug-likeness (QED) is 0.549. The third kappa shape index (κ3) is 5.46. The van der Waals surface area contributed by atoms with Gasteiger partial charge in [0.15, 0.2) is 17.4 Å². The van der Waals surface area contributed by atoms with Gasteiger partial charge in [0, 0.05) is 44.3 Å². The fourth-order valence-electron chi connectivity index (χ4n) is 3.84. The van der Waals surface area contributed by atoms with E-state index in [0.29, 0.717) is 37.4 Å². The molecule has 2 aromatic carbocycles. The predicted molar refractivity (Wildman–Crippen MR) is 122 cm³/mol. The van der Waals surface area contributed by atoms with Crippen LogP contribution >= 0.6 is 0 Å². The maximum Gasteiger partial charge on any atom is 0.259 e. The van der Waals surface area contributed by atoms with E-state index >= 15 is 0 Å². The van der Waals surface area contributed by atoms with Crippen molar-refractivity contribution < 1.29 is 27.4 Å². The monoisotopic (exact) mass is 482 g/mol. The number of nitrogens with zero attached hydrogens (tertiary/aromatic N) is 3. The van der Waals surface area contributed by atoms with Gasteiger partial charge in [0.25, 0.3) is 5.91 Å². The Labute approximate surface area is 199 Å². The molecule has 0 aliphatic carbocycles. The second kappa shape index (κ2) is 10.3. The SMILES string of the molecule is COc1cc(F)ccc1C(=O)Nc1cc(C#N)cnc1N1CCC(Oc2ccc(F)cc2F)CC1. The summed E-state index contributed by atoms with van der Waals surface area (Å²) in [4.78, 5) is 19.2. The van der Waals surface area contributed by atoms with Gasteiger partial charge < -0.3 is 19.7 Å². The van der Waals surface area contributed by atoms with Crippen LogP contribution in [0.1, 0.15) is 28.8 Å². The largest absolute Gasteiger partial charge is 0.496 e. The van der Waals surface area contributed by atoms with Gasteiger partial charge in [-0.25, -0.2) is 18.2 Å². The molecule has 1 fully saturated rings.